The molecule has 0 aliphatic carbocycles. The van der Waals surface area contributed by atoms with Crippen LogP contribution in [-0.4, -0.2) is 38.8 Å². The van der Waals surface area contributed by atoms with Crippen LogP contribution >= 0.6 is 15.9 Å². The SMILES string of the molecule is CCN(CC)S(=O)(=O)c1ccc(NC(=O)CCc2ccc(OC)c(Br)c2)cc1. The first kappa shape index (κ1) is 22.4. The molecule has 8 heteroatoms. The third-order valence-corrected chi connectivity index (χ3v) is 7.02. The number of hydrogen-bond acceptors (Lipinski definition) is 4. The van der Waals surface area contributed by atoms with Crippen molar-refractivity contribution in [3.8, 4) is 5.75 Å². The highest BCUT2D eigenvalue weighted by Crippen LogP contribution is 2.26. The second-order valence-corrected chi connectivity index (χ2v) is 8.92. The molecule has 0 fully saturated rings. The van der Waals surface area contributed by atoms with Crippen LogP contribution in [0.15, 0.2) is 51.8 Å². The van der Waals surface area contributed by atoms with Crippen molar-refractivity contribution in [1.29, 1.82) is 0 Å². The summed E-state index contributed by atoms with van der Waals surface area (Å²) in [6.45, 7) is 4.44. The van der Waals surface area contributed by atoms with Gasteiger partial charge in [-0.25, -0.2) is 8.42 Å². The van der Waals surface area contributed by atoms with Crippen LogP contribution in [0.1, 0.15) is 25.8 Å². The number of carbonyl (C=O) groups is 1. The molecule has 0 bridgehead atoms. The molecule has 0 heterocycles. The lowest BCUT2D eigenvalue weighted by molar-refractivity contribution is -0.116. The number of sulfonamides is 1. The standard InChI is InChI=1S/C20H25BrN2O4S/c1-4-23(5-2)28(25,26)17-10-8-16(9-11-17)22-20(24)13-7-15-6-12-19(27-3)18(21)14-15/h6,8-12,14H,4-5,7,13H2,1-3H3,(H,22,24). The first-order chi connectivity index (χ1) is 13.3. The number of ether oxygens (including phenoxy) is 1. The zero-order valence-electron chi connectivity index (χ0n) is 16.2. The van der Waals surface area contributed by atoms with E-state index >= 15 is 0 Å². The van der Waals surface area contributed by atoms with E-state index < -0.39 is 10.0 Å². The normalized spacial score (nSPS) is 11.5. The van der Waals surface area contributed by atoms with Crippen LogP contribution in [-0.2, 0) is 21.2 Å². The van der Waals surface area contributed by atoms with Gasteiger partial charge in [0.15, 0.2) is 0 Å². The average molecular weight is 469 g/mol. The van der Waals surface area contributed by atoms with Gasteiger partial charge in [0.05, 0.1) is 16.5 Å². The van der Waals surface area contributed by atoms with Gasteiger partial charge in [0.1, 0.15) is 5.75 Å². The van der Waals surface area contributed by atoms with E-state index in [4.69, 9.17) is 4.74 Å². The van der Waals surface area contributed by atoms with Crippen molar-refractivity contribution in [2.24, 2.45) is 0 Å². The molecule has 0 aliphatic rings. The number of rotatable bonds is 9. The Morgan fingerprint density at radius 3 is 2.29 bits per heavy atom. The van der Waals surface area contributed by atoms with E-state index in [1.807, 2.05) is 18.2 Å². The highest BCUT2D eigenvalue weighted by atomic mass is 79.9. The molecule has 1 amide bonds. The second-order valence-electron chi connectivity index (χ2n) is 6.13. The quantitative estimate of drug-likeness (QED) is 0.601. The smallest absolute Gasteiger partial charge is 0.243 e. The summed E-state index contributed by atoms with van der Waals surface area (Å²) in [7, 11) is -1.89. The van der Waals surface area contributed by atoms with E-state index in [9.17, 15) is 13.2 Å². The molecule has 0 atom stereocenters. The van der Waals surface area contributed by atoms with Crippen LogP contribution in [0.5, 0.6) is 5.75 Å². The Balaban J connectivity index is 1.96. The molecule has 1 N–H and O–H groups in total. The molecular formula is C20H25BrN2O4S. The van der Waals surface area contributed by atoms with Crippen molar-refractivity contribution < 1.29 is 17.9 Å². The lowest BCUT2D eigenvalue weighted by Crippen LogP contribution is -2.30. The van der Waals surface area contributed by atoms with Crippen LogP contribution in [0.2, 0.25) is 0 Å². The van der Waals surface area contributed by atoms with Crippen molar-refractivity contribution >= 4 is 37.5 Å². The summed E-state index contributed by atoms with van der Waals surface area (Å²) in [6.07, 6.45) is 0.904. The van der Waals surface area contributed by atoms with Gasteiger partial charge in [0.25, 0.3) is 0 Å². The lowest BCUT2D eigenvalue weighted by atomic mass is 10.1. The summed E-state index contributed by atoms with van der Waals surface area (Å²) in [5.41, 5.74) is 1.59. The molecule has 2 aromatic rings. The van der Waals surface area contributed by atoms with Crippen LogP contribution < -0.4 is 10.1 Å². The van der Waals surface area contributed by atoms with Gasteiger partial charge >= 0.3 is 0 Å². The third-order valence-electron chi connectivity index (χ3n) is 4.34. The van der Waals surface area contributed by atoms with Gasteiger partial charge in [-0.1, -0.05) is 19.9 Å². The summed E-state index contributed by atoms with van der Waals surface area (Å²) in [5.74, 6) is 0.610. The highest BCUT2D eigenvalue weighted by molar-refractivity contribution is 9.10. The van der Waals surface area contributed by atoms with Crippen LogP contribution in [0.25, 0.3) is 0 Å². The lowest BCUT2D eigenvalue weighted by Gasteiger charge is -2.18. The van der Waals surface area contributed by atoms with E-state index in [1.165, 1.54) is 16.4 Å². The van der Waals surface area contributed by atoms with Gasteiger partial charge in [0, 0.05) is 25.2 Å². The number of nitrogens with one attached hydrogen (secondary N) is 1. The summed E-state index contributed by atoms with van der Waals surface area (Å²) < 4.78 is 32.4. The number of hydrogen-bond donors (Lipinski definition) is 1. The predicted octanol–water partition coefficient (Wildman–Crippen LogP) is 4.06. The summed E-state index contributed by atoms with van der Waals surface area (Å²) in [5, 5.41) is 2.80. The number of amides is 1. The van der Waals surface area contributed by atoms with Crippen LogP contribution in [0.3, 0.4) is 0 Å². The second kappa shape index (κ2) is 10.0. The zero-order valence-corrected chi connectivity index (χ0v) is 18.6. The van der Waals surface area contributed by atoms with E-state index in [2.05, 4.69) is 21.2 Å². The highest BCUT2D eigenvalue weighted by Gasteiger charge is 2.21. The van der Waals surface area contributed by atoms with Crippen molar-refractivity contribution in [3.05, 3.63) is 52.5 Å². The molecule has 0 aliphatic heterocycles. The fourth-order valence-corrected chi connectivity index (χ4v) is 4.82. The Kier molecular flexibility index (Phi) is 8.03. The molecule has 152 valence electrons. The molecule has 6 nitrogen and oxygen atoms in total. The van der Waals surface area contributed by atoms with E-state index in [0.717, 1.165) is 15.8 Å². The maximum absolute atomic E-state index is 12.5. The maximum Gasteiger partial charge on any atom is 0.243 e. The van der Waals surface area contributed by atoms with Crippen molar-refractivity contribution in [2.75, 3.05) is 25.5 Å². The minimum atomic E-state index is -3.50. The fourth-order valence-electron chi connectivity index (χ4n) is 2.77. The topological polar surface area (TPSA) is 75.7 Å². The van der Waals surface area contributed by atoms with Crippen LogP contribution in [0, 0.1) is 0 Å². The first-order valence-electron chi connectivity index (χ1n) is 9.04. The number of halogens is 1. The van der Waals surface area contributed by atoms with Gasteiger partial charge < -0.3 is 10.1 Å². The Morgan fingerprint density at radius 1 is 1.11 bits per heavy atom. The monoisotopic (exact) mass is 468 g/mol. The minimum Gasteiger partial charge on any atom is -0.496 e. The molecule has 0 saturated heterocycles. The molecule has 2 rings (SSSR count). The fraction of sp³-hybridized carbons (Fsp3) is 0.350. The molecule has 0 unspecified atom stereocenters. The summed E-state index contributed by atoms with van der Waals surface area (Å²) >= 11 is 3.43. The number of nitrogens with zero attached hydrogens (tertiary/aromatic N) is 1. The zero-order chi connectivity index (χ0) is 20.7. The van der Waals surface area contributed by atoms with Gasteiger partial charge in [-0.3, -0.25) is 4.79 Å². The number of benzene rings is 2. The van der Waals surface area contributed by atoms with E-state index in [-0.39, 0.29) is 10.8 Å². The van der Waals surface area contributed by atoms with Gasteiger partial charge in [-0.2, -0.15) is 4.31 Å². The van der Waals surface area contributed by atoms with Gasteiger partial charge in [-0.15, -0.1) is 0 Å². The largest absolute Gasteiger partial charge is 0.496 e. The summed E-state index contributed by atoms with van der Waals surface area (Å²) in [6, 6.07) is 12.0. The minimum absolute atomic E-state index is 0.133. The van der Waals surface area contributed by atoms with Crippen molar-refractivity contribution in [1.82, 2.24) is 4.31 Å². The number of carbonyl (C=O) groups excluding carboxylic acids is 1. The molecule has 0 saturated carbocycles. The number of methoxy groups -OCH3 is 1. The molecule has 0 aromatic heterocycles. The van der Waals surface area contributed by atoms with E-state index in [0.29, 0.717) is 31.6 Å². The van der Waals surface area contributed by atoms with E-state index in [1.54, 1.807) is 33.1 Å². The molecule has 0 spiro atoms. The molecule has 0 radical (unpaired) electrons. The number of anilines is 1. The molecule has 28 heavy (non-hydrogen) atoms. The van der Waals surface area contributed by atoms with Gasteiger partial charge in [-0.05, 0) is 64.3 Å². The Morgan fingerprint density at radius 2 is 1.75 bits per heavy atom. The Bertz CT molecular complexity index is 910. The molecule has 2 aromatic carbocycles. The van der Waals surface area contributed by atoms with Crippen molar-refractivity contribution in [3.63, 3.8) is 0 Å². The first-order valence-corrected chi connectivity index (χ1v) is 11.3. The third kappa shape index (κ3) is 5.56. The average Bonchev–Trinajstić information content (AvgIpc) is 2.67. The number of aryl methyl sites for hydroxylation is 1. The Hall–Kier alpha value is -1.90. The molecular weight excluding hydrogens is 444 g/mol. The predicted molar refractivity (Wildman–Crippen MR) is 114 cm³/mol. The van der Waals surface area contributed by atoms with Gasteiger partial charge in [0.2, 0.25) is 15.9 Å². The maximum atomic E-state index is 12.5. The van der Waals surface area contributed by atoms with Crippen LogP contribution in [0.4, 0.5) is 5.69 Å². The Labute approximate surface area is 175 Å². The van der Waals surface area contributed by atoms with Crippen molar-refractivity contribution in [2.45, 2.75) is 31.6 Å². The summed E-state index contributed by atoms with van der Waals surface area (Å²) in [4.78, 5) is 12.4.